The molecule has 0 aliphatic heterocycles. The van der Waals surface area contributed by atoms with E-state index in [-0.39, 0.29) is 0 Å². The Morgan fingerprint density at radius 3 is 2.40 bits per heavy atom. The van der Waals surface area contributed by atoms with Gasteiger partial charge in [0.15, 0.2) is 0 Å². The zero-order chi connectivity index (χ0) is 14.4. The normalized spacial score (nSPS) is 24.4. The van der Waals surface area contributed by atoms with E-state index in [4.69, 9.17) is 9.47 Å². The van der Waals surface area contributed by atoms with Gasteiger partial charge in [0.25, 0.3) is 12.1 Å². The molecule has 0 saturated carbocycles. The molecule has 2 N–H and O–H groups in total. The number of allylic oxidation sites excluding steroid dienone is 3. The molecule has 0 heterocycles. The molecule has 114 valence electrons. The first-order valence-corrected chi connectivity index (χ1v) is 7.76. The van der Waals surface area contributed by atoms with Gasteiger partial charge >= 0.3 is 0 Å². The highest BCUT2D eigenvalue weighted by Crippen LogP contribution is 2.33. The van der Waals surface area contributed by atoms with E-state index in [0.717, 1.165) is 62.7 Å². The molecule has 0 aromatic rings. The Bertz CT molecular complexity index is 375. The van der Waals surface area contributed by atoms with Gasteiger partial charge in [-0.25, -0.2) is 0 Å². The quantitative estimate of drug-likeness (QED) is 0.581. The first-order chi connectivity index (χ1) is 9.66. The van der Waals surface area contributed by atoms with E-state index < -0.39 is 12.1 Å². The van der Waals surface area contributed by atoms with Crippen molar-refractivity contribution >= 4 is 0 Å². The Morgan fingerprint density at radius 1 is 1.15 bits per heavy atom. The molecule has 0 fully saturated rings. The van der Waals surface area contributed by atoms with Gasteiger partial charge in [0, 0.05) is 13.0 Å². The lowest BCUT2D eigenvalue weighted by molar-refractivity contribution is -0.295. The van der Waals surface area contributed by atoms with Crippen molar-refractivity contribution in [3.8, 4) is 0 Å². The van der Waals surface area contributed by atoms with Crippen LogP contribution in [0.25, 0.3) is 0 Å². The fourth-order valence-corrected chi connectivity index (χ4v) is 2.85. The molecule has 2 aliphatic carbocycles. The highest BCUT2D eigenvalue weighted by Gasteiger charge is 2.43. The summed E-state index contributed by atoms with van der Waals surface area (Å²) in [6.07, 6.45) is 10.4. The third-order valence-corrected chi connectivity index (χ3v) is 3.96. The smallest absolute Gasteiger partial charge is 0.255 e. The molecule has 0 aromatic heterocycles. The molecule has 2 rings (SSSR count). The maximum atomic E-state index is 10.7. The standard InChI is InChI=1S/C16H26O4/c1-2-19-16(18,13-9-5-3-6-10-13)15(17)20-14-11-7-4-8-12-14/h9,11,15,17-18H,2-8,10,12H2,1H3. The van der Waals surface area contributed by atoms with Crippen LogP contribution >= 0.6 is 0 Å². The van der Waals surface area contributed by atoms with E-state index >= 15 is 0 Å². The molecule has 4 nitrogen and oxygen atoms in total. The van der Waals surface area contributed by atoms with E-state index in [1.54, 1.807) is 6.92 Å². The summed E-state index contributed by atoms with van der Waals surface area (Å²) in [6, 6.07) is 0. The molecule has 0 saturated heterocycles. The number of ether oxygens (including phenoxy) is 2. The topological polar surface area (TPSA) is 58.9 Å². The van der Waals surface area contributed by atoms with Crippen LogP contribution in [0.2, 0.25) is 0 Å². The molecule has 4 heteroatoms. The summed E-state index contributed by atoms with van der Waals surface area (Å²) in [6.45, 7) is 2.13. The fraction of sp³-hybridized carbons (Fsp3) is 0.750. The lowest BCUT2D eigenvalue weighted by Crippen LogP contribution is -2.48. The summed E-state index contributed by atoms with van der Waals surface area (Å²) < 4.78 is 11.0. The second-order valence-electron chi connectivity index (χ2n) is 5.49. The molecule has 0 radical (unpaired) electrons. The molecule has 20 heavy (non-hydrogen) atoms. The lowest BCUT2D eigenvalue weighted by Gasteiger charge is -2.36. The highest BCUT2D eigenvalue weighted by molar-refractivity contribution is 5.17. The Balaban J connectivity index is 2.09. The molecule has 2 aliphatic rings. The number of aliphatic hydroxyl groups excluding tert-OH is 1. The van der Waals surface area contributed by atoms with Crippen LogP contribution in [0.5, 0.6) is 0 Å². The average molecular weight is 282 g/mol. The van der Waals surface area contributed by atoms with E-state index in [0.29, 0.717) is 6.61 Å². The van der Waals surface area contributed by atoms with Gasteiger partial charge in [-0.3, -0.25) is 0 Å². The minimum Gasteiger partial charge on any atom is -0.464 e. The van der Waals surface area contributed by atoms with Gasteiger partial charge < -0.3 is 19.7 Å². The van der Waals surface area contributed by atoms with Gasteiger partial charge in [0.2, 0.25) is 0 Å². The van der Waals surface area contributed by atoms with Gasteiger partial charge in [0.05, 0.1) is 5.76 Å². The summed E-state index contributed by atoms with van der Waals surface area (Å²) in [7, 11) is 0. The summed E-state index contributed by atoms with van der Waals surface area (Å²) in [5.41, 5.74) is 0.745. The van der Waals surface area contributed by atoms with Crippen LogP contribution in [0, 0.1) is 0 Å². The van der Waals surface area contributed by atoms with Crippen molar-refractivity contribution in [3.63, 3.8) is 0 Å². The minimum absolute atomic E-state index is 0.327. The van der Waals surface area contributed by atoms with Crippen molar-refractivity contribution in [1.82, 2.24) is 0 Å². The monoisotopic (exact) mass is 282 g/mol. The maximum Gasteiger partial charge on any atom is 0.255 e. The molecular formula is C16H26O4. The Labute approximate surface area is 121 Å². The molecule has 0 spiro atoms. The van der Waals surface area contributed by atoms with Crippen molar-refractivity contribution in [2.75, 3.05) is 6.61 Å². The zero-order valence-electron chi connectivity index (χ0n) is 12.3. The van der Waals surface area contributed by atoms with Crippen LogP contribution in [-0.4, -0.2) is 28.9 Å². The zero-order valence-corrected chi connectivity index (χ0v) is 12.3. The van der Waals surface area contributed by atoms with Crippen LogP contribution in [0.4, 0.5) is 0 Å². The molecule has 0 aromatic carbocycles. The van der Waals surface area contributed by atoms with Crippen LogP contribution in [0.3, 0.4) is 0 Å². The third-order valence-electron chi connectivity index (χ3n) is 3.96. The maximum absolute atomic E-state index is 10.7. The van der Waals surface area contributed by atoms with Crippen molar-refractivity contribution < 1.29 is 19.7 Å². The van der Waals surface area contributed by atoms with Crippen molar-refractivity contribution in [1.29, 1.82) is 0 Å². The molecular weight excluding hydrogens is 256 g/mol. The van der Waals surface area contributed by atoms with Gasteiger partial charge in [0.1, 0.15) is 0 Å². The average Bonchev–Trinajstić information content (AvgIpc) is 2.49. The predicted molar refractivity (Wildman–Crippen MR) is 76.8 cm³/mol. The molecule has 2 unspecified atom stereocenters. The molecule has 2 atom stereocenters. The predicted octanol–water partition coefficient (Wildman–Crippen LogP) is 3.00. The van der Waals surface area contributed by atoms with Gasteiger partial charge in [-0.2, -0.15) is 0 Å². The first kappa shape index (κ1) is 15.5. The molecule has 0 amide bonds. The minimum atomic E-state index is -1.71. The van der Waals surface area contributed by atoms with Gasteiger partial charge in [-0.15, -0.1) is 0 Å². The molecule has 0 bridgehead atoms. The largest absolute Gasteiger partial charge is 0.464 e. The van der Waals surface area contributed by atoms with Crippen LogP contribution in [-0.2, 0) is 9.47 Å². The van der Waals surface area contributed by atoms with E-state index in [1.165, 1.54) is 0 Å². The number of aliphatic hydroxyl groups is 2. The highest BCUT2D eigenvalue weighted by atomic mass is 16.7. The van der Waals surface area contributed by atoms with Crippen molar-refractivity contribution in [2.24, 2.45) is 0 Å². The third kappa shape index (κ3) is 3.62. The lowest BCUT2D eigenvalue weighted by atomic mass is 9.92. The fourth-order valence-electron chi connectivity index (χ4n) is 2.85. The van der Waals surface area contributed by atoms with Crippen LogP contribution in [0.1, 0.15) is 58.3 Å². The Morgan fingerprint density at radius 2 is 1.85 bits per heavy atom. The summed E-state index contributed by atoms with van der Waals surface area (Å²) >= 11 is 0. The Hall–Kier alpha value is -0.840. The second-order valence-corrected chi connectivity index (χ2v) is 5.49. The van der Waals surface area contributed by atoms with E-state index in [9.17, 15) is 10.2 Å². The second kappa shape index (κ2) is 7.25. The number of hydrogen-bond donors (Lipinski definition) is 2. The number of hydrogen-bond acceptors (Lipinski definition) is 4. The Kier molecular flexibility index (Phi) is 5.64. The van der Waals surface area contributed by atoms with Crippen molar-refractivity contribution in [3.05, 3.63) is 23.5 Å². The van der Waals surface area contributed by atoms with Crippen molar-refractivity contribution in [2.45, 2.75) is 70.4 Å². The first-order valence-electron chi connectivity index (χ1n) is 7.76. The summed E-state index contributed by atoms with van der Waals surface area (Å²) in [5, 5.41) is 21.1. The summed E-state index contributed by atoms with van der Waals surface area (Å²) in [5.74, 6) is -0.953. The summed E-state index contributed by atoms with van der Waals surface area (Å²) in [4.78, 5) is 0. The van der Waals surface area contributed by atoms with Gasteiger partial charge in [-0.1, -0.05) is 6.08 Å². The van der Waals surface area contributed by atoms with Crippen LogP contribution in [0.15, 0.2) is 23.5 Å². The number of rotatable bonds is 6. The SMILES string of the molecule is CCOC(O)(C1=CCCCC1)C(O)OC1=CCCCC1. The van der Waals surface area contributed by atoms with Gasteiger partial charge in [-0.05, 0) is 63.5 Å². The van der Waals surface area contributed by atoms with Crippen LogP contribution < -0.4 is 0 Å². The van der Waals surface area contributed by atoms with E-state index in [1.807, 2.05) is 12.2 Å². The van der Waals surface area contributed by atoms with E-state index in [2.05, 4.69) is 0 Å².